The fourth-order valence-corrected chi connectivity index (χ4v) is 3.11. The van der Waals surface area contributed by atoms with Gasteiger partial charge in [-0.05, 0) is 56.6 Å². The second kappa shape index (κ2) is 10.6. The first-order chi connectivity index (χ1) is 10.5. The van der Waals surface area contributed by atoms with Crippen molar-refractivity contribution in [3.8, 4) is 0 Å². The van der Waals surface area contributed by atoms with Crippen LogP contribution in [0.1, 0.15) is 46.6 Å². The summed E-state index contributed by atoms with van der Waals surface area (Å²) in [5.74, 6) is 0.485. The summed E-state index contributed by atoms with van der Waals surface area (Å²) in [5, 5.41) is 0. The van der Waals surface area contributed by atoms with Crippen LogP contribution in [-0.4, -0.2) is 38.1 Å². The summed E-state index contributed by atoms with van der Waals surface area (Å²) < 4.78 is 13.2. The van der Waals surface area contributed by atoms with Crippen molar-refractivity contribution >= 4 is 5.69 Å². The average molecular weight is 311 g/mol. The van der Waals surface area contributed by atoms with Gasteiger partial charge in [0.25, 0.3) is 0 Å². The highest BCUT2D eigenvalue weighted by Gasteiger charge is 2.28. The molecule has 2 unspecified atom stereocenters. The number of halogens is 1. The molecule has 0 spiro atoms. The van der Waals surface area contributed by atoms with Gasteiger partial charge in [-0.3, -0.25) is 0 Å². The zero-order chi connectivity index (χ0) is 17.3. The van der Waals surface area contributed by atoms with E-state index in [0.29, 0.717) is 12.0 Å². The van der Waals surface area contributed by atoms with Crippen LogP contribution < -0.4 is 4.90 Å². The van der Waals surface area contributed by atoms with Gasteiger partial charge in [0.1, 0.15) is 5.82 Å². The highest BCUT2D eigenvalue weighted by Crippen LogP contribution is 2.28. The van der Waals surface area contributed by atoms with E-state index in [4.69, 9.17) is 0 Å². The number of piperidine rings is 1. The highest BCUT2D eigenvalue weighted by molar-refractivity contribution is 5.53. The molecule has 0 N–H and O–H groups in total. The maximum Gasteiger partial charge on any atom is 0.123 e. The number of nitrogens with zero attached hydrogens (tertiary/aromatic N) is 2. The highest BCUT2D eigenvalue weighted by atomic mass is 19.1. The number of likely N-dealkylation sites (tertiary alicyclic amines) is 1. The minimum atomic E-state index is -0.152. The van der Waals surface area contributed by atoms with Crippen molar-refractivity contribution in [2.75, 3.05) is 32.1 Å². The average Bonchev–Trinajstić information content (AvgIpc) is 2.51. The van der Waals surface area contributed by atoms with Gasteiger partial charge in [0, 0.05) is 25.3 Å². The Labute approximate surface area is 137 Å². The normalized spacial score (nSPS) is 21.1. The van der Waals surface area contributed by atoms with Crippen molar-refractivity contribution in [1.29, 1.82) is 0 Å². The fourth-order valence-electron chi connectivity index (χ4n) is 3.11. The molecule has 0 saturated carbocycles. The second-order valence-electron chi connectivity index (χ2n) is 5.64. The van der Waals surface area contributed by atoms with E-state index in [1.165, 1.54) is 6.42 Å². The van der Waals surface area contributed by atoms with Crippen LogP contribution in [0, 0.1) is 18.7 Å². The van der Waals surface area contributed by atoms with E-state index in [1.807, 2.05) is 40.7 Å². The summed E-state index contributed by atoms with van der Waals surface area (Å²) in [6, 6.07) is 5.62. The molecule has 22 heavy (non-hydrogen) atoms. The van der Waals surface area contributed by atoms with Crippen molar-refractivity contribution in [1.82, 2.24) is 4.90 Å². The lowest BCUT2D eigenvalue weighted by Crippen LogP contribution is -2.48. The van der Waals surface area contributed by atoms with Crippen LogP contribution in [-0.2, 0) is 0 Å². The Morgan fingerprint density at radius 2 is 1.77 bits per heavy atom. The van der Waals surface area contributed by atoms with Gasteiger partial charge in [0.15, 0.2) is 0 Å². The molecule has 0 radical (unpaired) electrons. The standard InChI is InChI=1S/C15H23FN2.2C2H6/c1-11-9-13(16)5-6-14(11)18(4)15-7-8-17(3)10-12(15)2;2*1-2/h5-6,9,12,15H,7-8,10H2,1-4H3;2*1-2H3. The third-order valence-corrected chi connectivity index (χ3v) is 4.10. The van der Waals surface area contributed by atoms with E-state index in [-0.39, 0.29) is 5.82 Å². The zero-order valence-corrected chi connectivity index (χ0v) is 15.8. The molecule has 0 aromatic heterocycles. The van der Waals surface area contributed by atoms with Crippen LogP contribution >= 0.6 is 0 Å². The molecule has 3 heteroatoms. The van der Waals surface area contributed by atoms with Crippen LogP contribution in [0.15, 0.2) is 18.2 Å². The van der Waals surface area contributed by atoms with E-state index in [1.54, 1.807) is 12.1 Å². The molecule has 1 aromatic rings. The monoisotopic (exact) mass is 310 g/mol. The van der Waals surface area contributed by atoms with Crippen molar-refractivity contribution in [2.24, 2.45) is 5.92 Å². The van der Waals surface area contributed by atoms with Gasteiger partial charge in [0.05, 0.1) is 0 Å². The molecule has 1 aliphatic heterocycles. The molecule has 2 rings (SSSR count). The molecule has 1 saturated heterocycles. The third kappa shape index (κ3) is 5.60. The number of benzene rings is 1. The Morgan fingerprint density at radius 1 is 1.18 bits per heavy atom. The first-order valence-electron chi connectivity index (χ1n) is 8.66. The summed E-state index contributed by atoms with van der Waals surface area (Å²) >= 11 is 0. The van der Waals surface area contributed by atoms with Gasteiger partial charge in [-0.15, -0.1) is 0 Å². The van der Waals surface area contributed by atoms with Crippen molar-refractivity contribution in [3.63, 3.8) is 0 Å². The Hall–Kier alpha value is -1.09. The molecule has 2 atom stereocenters. The molecule has 128 valence electrons. The summed E-state index contributed by atoms with van der Waals surface area (Å²) in [4.78, 5) is 4.71. The van der Waals surface area contributed by atoms with E-state index < -0.39 is 0 Å². The van der Waals surface area contributed by atoms with Crippen molar-refractivity contribution < 1.29 is 4.39 Å². The van der Waals surface area contributed by atoms with Gasteiger partial charge < -0.3 is 9.80 Å². The Bertz CT molecular complexity index is 420. The summed E-state index contributed by atoms with van der Waals surface area (Å²) in [6.45, 7) is 14.6. The maximum atomic E-state index is 13.2. The van der Waals surface area contributed by atoms with Crippen LogP contribution in [0.4, 0.5) is 10.1 Å². The molecular formula is C19H35FN2. The van der Waals surface area contributed by atoms with Gasteiger partial charge in [-0.1, -0.05) is 34.6 Å². The lowest BCUT2D eigenvalue weighted by molar-refractivity contribution is 0.194. The van der Waals surface area contributed by atoms with E-state index in [9.17, 15) is 4.39 Å². The number of aryl methyl sites for hydroxylation is 1. The smallest absolute Gasteiger partial charge is 0.123 e. The number of rotatable bonds is 2. The van der Waals surface area contributed by atoms with Gasteiger partial charge in [-0.25, -0.2) is 4.39 Å². The van der Waals surface area contributed by atoms with Gasteiger partial charge in [0.2, 0.25) is 0 Å². The predicted octanol–water partition coefficient (Wildman–Crippen LogP) is 4.96. The zero-order valence-electron chi connectivity index (χ0n) is 15.8. The topological polar surface area (TPSA) is 6.48 Å². The third-order valence-electron chi connectivity index (χ3n) is 4.10. The van der Waals surface area contributed by atoms with Crippen molar-refractivity contribution in [2.45, 2.75) is 54.0 Å². The molecule has 0 bridgehead atoms. The summed E-state index contributed by atoms with van der Waals surface area (Å²) in [6.07, 6.45) is 1.17. The van der Waals surface area contributed by atoms with Crippen molar-refractivity contribution in [3.05, 3.63) is 29.6 Å². The first kappa shape index (κ1) is 20.9. The molecule has 1 aliphatic rings. The first-order valence-corrected chi connectivity index (χ1v) is 8.66. The summed E-state index contributed by atoms with van der Waals surface area (Å²) in [7, 11) is 4.31. The molecule has 1 heterocycles. The van der Waals surface area contributed by atoms with Crippen LogP contribution in [0.3, 0.4) is 0 Å². The van der Waals surface area contributed by atoms with Crippen LogP contribution in [0.25, 0.3) is 0 Å². The predicted molar refractivity (Wildman–Crippen MR) is 97.3 cm³/mol. The van der Waals surface area contributed by atoms with Crippen LogP contribution in [0.2, 0.25) is 0 Å². The molecule has 0 aliphatic carbocycles. The number of hydrogen-bond acceptors (Lipinski definition) is 2. The van der Waals surface area contributed by atoms with E-state index >= 15 is 0 Å². The SMILES string of the molecule is CC.CC.Cc1cc(F)ccc1N(C)C1CCN(C)CC1C. The Kier molecular flexibility index (Phi) is 10.1. The van der Waals surface area contributed by atoms with Gasteiger partial charge in [-0.2, -0.15) is 0 Å². The van der Waals surface area contributed by atoms with Gasteiger partial charge >= 0.3 is 0 Å². The Morgan fingerprint density at radius 3 is 2.27 bits per heavy atom. The molecule has 1 aromatic carbocycles. The lowest BCUT2D eigenvalue weighted by Gasteiger charge is -2.41. The van der Waals surface area contributed by atoms with E-state index in [0.717, 1.165) is 24.3 Å². The lowest BCUT2D eigenvalue weighted by atomic mass is 9.92. The second-order valence-corrected chi connectivity index (χ2v) is 5.64. The number of anilines is 1. The number of hydrogen-bond donors (Lipinski definition) is 0. The largest absolute Gasteiger partial charge is 0.371 e. The maximum absolute atomic E-state index is 13.2. The molecule has 2 nitrogen and oxygen atoms in total. The minimum Gasteiger partial charge on any atom is -0.371 e. The molecular weight excluding hydrogens is 275 g/mol. The summed E-state index contributed by atoms with van der Waals surface area (Å²) in [5.41, 5.74) is 2.17. The molecule has 0 amide bonds. The Balaban J connectivity index is 0.00000102. The van der Waals surface area contributed by atoms with E-state index in [2.05, 4.69) is 30.8 Å². The fraction of sp³-hybridized carbons (Fsp3) is 0.684. The quantitative estimate of drug-likeness (QED) is 0.761. The minimum absolute atomic E-state index is 0.152. The van der Waals surface area contributed by atoms with Crippen LogP contribution in [0.5, 0.6) is 0 Å². The molecule has 1 fully saturated rings.